The number of nitrogens with two attached hydrogens (primary N) is 1. The van der Waals surface area contributed by atoms with Crippen molar-refractivity contribution in [2.45, 2.75) is 32.1 Å². The number of nitrogens with zero attached hydrogens (tertiary/aromatic N) is 2. The molecule has 0 saturated heterocycles. The number of ether oxygens (including phenoxy) is 1. The zero-order valence-corrected chi connectivity index (χ0v) is 11.5. The van der Waals surface area contributed by atoms with Crippen LogP contribution in [0.15, 0.2) is 0 Å². The first-order valence-electron chi connectivity index (χ1n) is 5.62. The molecule has 5 heteroatoms. The van der Waals surface area contributed by atoms with Crippen molar-refractivity contribution in [2.24, 2.45) is 0 Å². The van der Waals surface area contributed by atoms with Crippen LogP contribution in [0.5, 0.6) is 0 Å². The smallest absolute Gasteiger partial charge is 0.140 e. The summed E-state index contributed by atoms with van der Waals surface area (Å²) in [4.78, 5) is 8.88. The molecular formula is C11H16IN3O. The van der Waals surface area contributed by atoms with Gasteiger partial charge in [0, 0.05) is 18.9 Å². The second-order valence-electron chi connectivity index (χ2n) is 3.95. The molecule has 2 N–H and O–H groups in total. The topological polar surface area (TPSA) is 61.0 Å². The van der Waals surface area contributed by atoms with Gasteiger partial charge in [0.15, 0.2) is 0 Å². The van der Waals surface area contributed by atoms with Crippen molar-refractivity contribution in [2.75, 3.05) is 18.9 Å². The van der Waals surface area contributed by atoms with Crippen molar-refractivity contribution in [1.29, 1.82) is 0 Å². The van der Waals surface area contributed by atoms with Gasteiger partial charge in [-0.05, 0) is 42.4 Å². The summed E-state index contributed by atoms with van der Waals surface area (Å²) in [7, 11) is 0. The van der Waals surface area contributed by atoms with Crippen LogP contribution < -0.4 is 5.73 Å². The standard InChI is InChI=1S/C11H16IN3O/c1-2-16-6-5-8-14-10(7-3-4-7)9(12)11(13)15-8/h7H,2-6H2,1H3,(H2,13,14,15). The Balaban J connectivity index is 2.13. The molecule has 1 heterocycles. The van der Waals surface area contributed by atoms with Crippen LogP contribution in [0.4, 0.5) is 5.82 Å². The van der Waals surface area contributed by atoms with Crippen molar-refractivity contribution in [1.82, 2.24) is 9.97 Å². The number of hydrogen-bond donors (Lipinski definition) is 1. The van der Waals surface area contributed by atoms with Gasteiger partial charge in [0.25, 0.3) is 0 Å². The highest BCUT2D eigenvalue weighted by Gasteiger charge is 2.28. The molecule has 0 radical (unpaired) electrons. The number of aromatic nitrogens is 2. The Morgan fingerprint density at radius 3 is 2.81 bits per heavy atom. The summed E-state index contributed by atoms with van der Waals surface area (Å²) in [6, 6.07) is 0. The molecule has 88 valence electrons. The summed E-state index contributed by atoms with van der Waals surface area (Å²) in [6.07, 6.45) is 3.21. The molecule has 1 saturated carbocycles. The molecule has 1 aromatic heterocycles. The van der Waals surface area contributed by atoms with Gasteiger partial charge in [-0.15, -0.1) is 0 Å². The van der Waals surface area contributed by atoms with Crippen LogP contribution in [0, 0.1) is 3.57 Å². The first-order valence-corrected chi connectivity index (χ1v) is 6.69. The Morgan fingerprint density at radius 1 is 1.44 bits per heavy atom. The number of anilines is 1. The summed E-state index contributed by atoms with van der Waals surface area (Å²) in [6.45, 7) is 3.38. The fraction of sp³-hybridized carbons (Fsp3) is 0.636. The normalized spacial score (nSPS) is 15.4. The Hall–Kier alpha value is -0.430. The van der Waals surface area contributed by atoms with Crippen LogP contribution in [-0.4, -0.2) is 23.2 Å². The summed E-state index contributed by atoms with van der Waals surface area (Å²) >= 11 is 2.24. The summed E-state index contributed by atoms with van der Waals surface area (Å²) in [5.74, 6) is 2.04. The third kappa shape index (κ3) is 2.82. The van der Waals surface area contributed by atoms with E-state index in [1.807, 2.05) is 6.92 Å². The van der Waals surface area contributed by atoms with Gasteiger partial charge in [-0.1, -0.05) is 0 Å². The van der Waals surface area contributed by atoms with E-state index in [2.05, 4.69) is 32.6 Å². The first-order chi connectivity index (χ1) is 7.72. The predicted molar refractivity (Wildman–Crippen MR) is 71.3 cm³/mol. The monoisotopic (exact) mass is 333 g/mol. The minimum Gasteiger partial charge on any atom is -0.383 e. The second-order valence-corrected chi connectivity index (χ2v) is 5.02. The van der Waals surface area contributed by atoms with Gasteiger partial charge >= 0.3 is 0 Å². The number of hydrogen-bond acceptors (Lipinski definition) is 4. The van der Waals surface area contributed by atoms with Crippen molar-refractivity contribution in [3.8, 4) is 0 Å². The lowest BCUT2D eigenvalue weighted by molar-refractivity contribution is 0.149. The van der Waals surface area contributed by atoms with E-state index in [1.165, 1.54) is 12.8 Å². The van der Waals surface area contributed by atoms with Crippen LogP contribution in [0.3, 0.4) is 0 Å². The minimum atomic E-state index is 0.614. The highest BCUT2D eigenvalue weighted by atomic mass is 127. The maximum absolute atomic E-state index is 5.89. The largest absolute Gasteiger partial charge is 0.383 e. The molecule has 2 rings (SSSR count). The maximum atomic E-state index is 5.89. The molecule has 1 aliphatic rings. The van der Waals surface area contributed by atoms with Gasteiger partial charge in [0.2, 0.25) is 0 Å². The van der Waals surface area contributed by atoms with E-state index < -0.39 is 0 Å². The zero-order valence-electron chi connectivity index (χ0n) is 9.37. The molecule has 16 heavy (non-hydrogen) atoms. The van der Waals surface area contributed by atoms with E-state index in [4.69, 9.17) is 10.5 Å². The van der Waals surface area contributed by atoms with E-state index in [-0.39, 0.29) is 0 Å². The van der Waals surface area contributed by atoms with E-state index >= 15 is 0 Å². The van der Waals surface area contributed by atoms with Crippen molar-refractivity contribution >= 4 is 28.4 Å². The Kier molecular flexibility index (Phi) is 3.96. The van der Waals surface area contributed by atoms with Crippen LogP contribution in [-0.2, 0) is 11.2 Å². The fourth-order valence-electron chi connectivity index (χ4n) is 1.58. The molecule has 1 aromatic rings. The highest BCUT2D eigenvalue weighted by Crippen LogP contribution is 2.41. The van der Waals surface area contributed by atoms with E-state index in [1.54, 1.807) is 0 Å². The maximum Gasteiger partial charge on any atom is 0.140 e. The van der Waals surface area contributed by atoms with Crippen molar-refractivity contribution in [3.63, 3.8) is 0 Å². The Bertz CT molecular complexity index is 380. The van der Waals surface area contributed by atoms with Crippen LogP contribution in [0.1, 0.15) is 37.2 Å². The second kappa shape index (κ2) is 5.27. The Morgan fingerprint density at radius 2 is 2.19 bits per heavy atom. The summed E-state index contributed by atoms with van der Waals surface area (Å²) in [5, 5.41) is 0. The fourth-order valence-corrected chi connectivity index (χ4v) is 2.26. The molecule has 0 aromatic carbocycles. The lowest BCUT2D eigenvalue weighted by atomic mass is 10.2. The van der Waals surface area contributed by atoms with Crippen LogP contribution in [0.2, 0.25) is 0 Å². The SMILES string of the molecule is CCOCCc1nc(N)c(I)c(C2CC2)n1. The van der Waals surface area contributed by atoms with Crippen molar-refractivity contribution in [3.05, 3.63) is 15.1 Å². The quantitative estimate of drug-likeness (QED) is 0.662. The molecular weight excluding hydrogens is 317 g/mol. The first kappa shape index (κ1) is 12.0. The molecule has 4 nitrogen and oxygen atoms in total. The predicted octanol–water partition coefficient (Wildman–Crippen LogP) is 2.12. The van der Waals surface area contributed by atoms with E-state index in [0.717, 1.165) is 28.1 Å². The molecule has 1 aliphatic carbocycles. The molecule has 0 unspecified atom stereocenters. The van der Waals surface area contributed by atoms with Crippen LogP contribution >= 0.6 is 22.6 Å². The average molecular weight is 333 g/mol. The van der Waals surface area contributed by atoms with E-state index in [9.17, 15) is 0 Å². The molecule has 1 fully saturated rings. The van der Waals surface area contributed by atoms with Gasteiger partial charge in [0.1, 0.15) is 11.6 Å². The molecule has 0 amide bonds. The molecule has 0 aliphatic heterocycles. The Labute approximate surface area is 109 Å². The van der Waals surface area contributed by atoms with Gasteiger partial charge in [-0.2, -0.15) is 0 Å². The molecule has 0 atom stereocenters. The van der Waals surface area contributed by atoms with Gasteiger partial charge < -0.3 is 10.5 Å². The van der Waals surface area contributed by atoms with Gasteiger partial charge in [-0.25, -0.2) is 9.97 Å². The number of halogens is 1. The van der Waals surface area contributed by atoms with E-state index in [0.29, 0.717) is 18.3 Å². The number of nitrogen functional groups attached to an aromatic ring is 1. The van der Waals surface area contributed by atoms with Gasteiger partial charge in [-0.3, -0.25) is 0 Å². The third-order valence-electron chi connectivity index (χ3n) is 2.59. The number of rotatable bonds is 5. The van der Waals surface area contributed by atoms with Gasteiger partial charge in [0.05, 0.1) is 15.9 Å². The summed E-state index contributed by atoms with van der Waals surface area (Å²) < 4.78 is 6.33. The lowest BCUT2D eigenvalue weighted by Crippen LogP contribution is -2.09. The van der Waals surface area contributed by atoms with Crippen LogP contribution in [0.25, 0.3) is 0 Å². The molecule has 0 bridgehead atoms. The zero-order chi connectivity index (χ0) is 11.5. The highest BCUT2D eigenvalue weighted by molar-refractivity contribution is 14.1. The minimum absolute atomic E-state index is 0.614. The summed E-state index contributed by atoms with van der Waals surface area (Å²) in [5.41, 5.74) is 7.03. The third-order valence-corrected chi connectivity index (χ3v) is 3.69. The molecule has 0 spiro atoms. The van der Waals surface area contributed by atoms with Crippen molar-refractivity contribution < 1.29 is 4.74 Å². The lowest BCUT2D eigenvalue weighted by Gasteiger charge is -2.08. The average Bonchev–Trinajstić information content (AvgIpc) is 3.07.